The Bertz CT molecular complexity index is 248. The molecule has 0 radical (unpaired) electrons. The predicted octanol–water partition coefficient (Wildman–Crippen LogP) is 4.60. The lowest BCUT2D eigenvalue weighted by atomic mass is 10.1. The van der Waals surface area contributed by atoms with Gasteiger partial charge in [-0.1, -0.05) is 63.1 Å². The van der Waals surface area contributed by atoms with E-state index in [1.54, 1.807) is 0 Å². The van der Waals surface area contributed by atoms with E-state index in [1.807, 2.05) is 0 Å². The molecule has 1 aromatic carbocycles. The molecule has 0 amide bonds. The average Bonchev–Trinajstić information content (AvgIpc) is 2.15. The van der Waals surface area contributed by atoms with E-state index >= 15 is 0 Å². The summed E-state index contributed by atoms with van der Waals surface area (Å²) in [5.74, 6) is 0. The summed E-state index contributed by atoms with van der Waals surface area (Å²) in [6.45, 7) is 0. The van der Waals surface area contributed by atoms with Gasteiger partial charge in [0.05, 0.1) is 0 Å². The van der Waals surface area contributed by atoms with Crippen molar-refractivity contribution in [2.75, 3.05) is 4.43 Å². The zero-order valence-corrected chi connectivity index (χ0v) is 11.3. The average molecular weight is 353 g/mol. The van der Waals surface area contributed by atoms with Crippen LogP contribution in [0, 0.1) is 0 Å². The maximum atomic E-state index is 3.56. The van der Waals surface area contributed by atoms with E-state index in [2.05, 4.69) is 62.8 Å². The molecule has 72 valence electrons. The topological polar surface area (TPSA) is 0 Å². The Hall–Kier alpha value is 0.430. The number of alkyl halides is 1. The highest BCUT2D eigenvalue weighted by atomic mass is 127. The number of aryl methyl sites for hydroxylation is 1. The van der Waals surface area contributed by atoms with Crippen LogP contribution in [0.1, 0.15) is 24.8 Å². The number of halogens is 2. The Labute approximate surface area is 102 Å². The third-order valence-corrected chi connectivity index (χ3v) is 3.57. The molecule has 0 heterocycles. The Kier molecular flexibility index (Phi) is 6.04. The van der Waals surface area contributed by atoms with Crippen molar-refractivity contribution >= 4 is 38.5 Å². The third kappa shape index (κ3) is 4.45. The van der Waals surface area contributed by atoms with Crippen LogP contribution in [0.4, 0.5) is 0 Å². The van der Waals surface area contributed by atoms with Crippen LogP contribution >= 0.6 is 38.5 Å². The van der Waals surface area contributed by atoms with Gasteiger partial charge in [-0.15, -0.1) is 0 Å². The highest BCUT2D eigenvalue weighted by molar-refractivity contribution is 14.1. The molecule has 0 fully saturated rings. The van der Waals surface area contributed by atoms with E-state index in [9.17, 15) is 0 Å². The normalized spacial score (nSPS) is 10.3. The quantitative estimate of drug-likeness (QED) is 0.413. The monoisotopic (exact) mass is 352 g/mol. The molecule has 0 aliphatic rings. The Morgan fingerprint density at radius 2 is 1.85 bits per heavy atom. The van der Waals surface area contributed by atoms with E-state index in [0.29, 0.717) is 0 Å². The van der Waals surface area contributed by atoms with Crippen molar-refractivity contribution in [3.8, 4) is 0 Å². The molecule has 0 aliphatic carbocycles. The first-order valence-electron chi connectivity index (χ1n) is 4.64. The lowest BCUT2D eigenvalue weighted by Crippen LogP contribution is -1.87. The second kappa shape index (κ2) is 6.82. The van der Waals surface area contributed by atoms with Crippen molar-refractivity contribution in [3.05, 3.63) is 34.3 Å². The first-order valence-corrected chi connectivity index (χ1v) is 6.96. The van der Waals surface area contributed by atoms with Gasteiger partial charge < -0.3 is 0 Å². The molecular weight excluding hydrogens is 339 g/mol. The van der Waals surface area contributed by atoms with E-state index in [-0.39, 0.29) is 0 Å². The summed E-state index contributed by atoms with van der Waals surface area (Å²) in [7, 11) is 0. The van der Waals surface area contributed by atoms with E-state index < -0.39 is 0 Å². The van der Waals surface area contributed by atoms with Crippen LogP contribution in [0.5, 0.6) is 0 Å². The molecule has 13 heavy (non-hydrogen) atoms. The molecule has 0 aliphatic heterocycles. The zero-order chi connectivity index (χ0) is 9.52. The minimum absolute atomic E-state index is 1.21. The van der Waals surface area contributed by atoms with Crippen molar-refractivity contribution in [2.24, 2.45) is 0 Å². The summed E-state index contributed by atoms with van der Waals surface area (Å²) in [6.07, 6.45) is 5.22. The van der Waals surface area contributed by atoms with Crippen LogP contribution in [0.15, 0.2) is 28.7 Å². The van der Waals surface area contributed by atoms with E-state index in [0.717, 1.165) is 0 Å². The van der Waals surface area contributed by atoms with Gasteiger partial charge in [-0.05, 0) is 35.3 Å². The SMILES string of the molecule is Brc1ccccc1CCCCCI. The lowest BCUT2D eigenvalue weighted by molar-refractivity contribution is 0.725. The molecular formula is C11H14BrI. The molecule has 1 rings (SSSR count). The smallest absolute Gasteiger partial charge is 0.0207 e. The molecule has 0 atom stereocenters. The van der Waals surface area contributed by atoms with Gasteiger partial charge in [0.15, 0.2) is 0 Å². The molecule has 0 saturated heterocycles. The molecule has 2 heteroatoms. The zero-order valence-electron chi connectivity index (χ0n) is 7.60. The van der Waals surface area contributed by atoms with Crippen molar-refractivity contribution in [1.82, 2.24) is 0 Å². The number of benzene rings is 1. The number of hydrogen-bond acceptors (Lipinski definition) is 0. The standard InChI is InChI=1S/C11H14BrI/c12-11-8-4-3-7-10(11)6-2-1-5-9-13/h3-4,7-8H,1-2,5-6,9H2. The predicted molar refractivity (Wildman–Crippen MR) is 70.6 cm³/mol. The van der Waals surface area contributed by atoms with Crippen LogP contribution in [-0.4, -0.2) is 4.43 Å². The Balaban J connectivity index is 2.32. The van der Waals surface area contributed by atoms with Gasteiger partial charge in [0.1, 0.15) is 0 Å². The maximum absolute atomic E-state index is 3.56. The third-order valence-electron chi connectivity index (χ3n) is 2.04. The maximum Gasteiger partial charge on any atom is 0.0207 e. The molecule has 0 N–H and O–H groups in total. The second-order valence-corrected chi connectivity index (χ2v) is 5.02. The lowest BCUT2D eigenvalue weighted by Gasteiger charge is -2.02. The van der Waals surface area contributed by atoms with Gasteiger partial charge in [0, 0.05) is 4.47 Å². The van der Waals surface area contributed by atoms with Crippen molar-refractivity contribution in [2.45, 2.75) is 25.7 Å². The minimum atomic E-state index is 1.21. The summed E-state index contributed by atoms with van der Waals surface area (Å²) in [5, 5.41) is 0. The fourth-order valence-electron chi connectivity index (χ4n) is 1.29. The summed E-state index contributed by atoms with van der Waals surface area (Å²) >= 11 is 6.00. The van der Waals surface area contributed by atoms with E-state index in [1.165, 1.54) is 40.1 Å². The largest absolute Gasteiger partial charge is 0.0864 e. The number of rotatable bonds is 5. The van der Waals surface area contributed by atoms with Crippen LogP contribution < -0.4 is 0 Å². The van der Waals surface area contributed by atoms with Crippen LogP contribution in [0.3, 0.4) is 0 Å². The highest BCUT2D eigenvalue weighted by Gasteiger charge is 1.97. The summed E-state index contributed by atoms with van der Waals surface area (Å²) in [6, 6.07) is 8.50. The summed E-state index contributed by atoms with van der Waals surface area (Å²) in [4.78, 5) is 0. The Morgan fingerprint density at radius 3 is 2.54 bits per heavy atom. The molecule has 1 aromatic rings. The first-order chi connectivity index (χ1) is 6.34. The molecule has 0 saturated carbocycles. The van der Waals surface area contributed by atoms with Gasteiger partial charge in [-0.3, -0.25) is 0 Å². The highest BCUT2D eigenvalue weighted by Crippen LogP contribution is 2.18. The fraction of sp³-hybridized carbons (Fsp3) is 0.455. The summed E-state index contributed by atoms with van der Waals surface area (Å²) < 4.78 is 2.54. The van der Waals surface area contributed by atoms with Crippen LogP contribution in [0.2, 0.25) is 0 Å². The van der Waals surface area contributed by atoms with Gasteiger partial charge in [-0.25, -0.2) is 0 Å². The van der Waals surface area contributed by atoms with Crippen molar-refractivity contribution in [1.29, 1.82) is 0 Å². The van der Waals surface area contributed by atoms with Gasteiger partial charge >= 0.3 is 0 Å². The number of unbranched alkanes of at least 4 members (excludes halogenated alkanes) is 2. The van der Waals surface area contributed by atoms with Gasteiger partial charge in [0.25, 0.3) is 0 Å². The van der Waals surface area contributed by atoms with Gasteiger partial charge in [0.2, 0.25) is 0 Å². The van der Waals surface area contributed by atoms with Gasteiger partial charge in [-0.2, -0.15) is 0 Å². The van der Waals surface area contributed by atoms with Crippen LogP contribution in [0.25, 0.3) is 0 Å². The molecule has 0 unspecified atom stereocenters. The minimum Gasteiger partial charge on any atom is -0.0864 e. The fourth-order valence-corrected chi connectivity index (χ4v) is 2.31. The molecule has 0 aromatic heterocycles. The van der Waals surface area contributed by atoms with Crippen LogP contribution in [-0.2, 0) is 6.42 Å². The number of hydrogen-bond donors (Lipinski definition) is 0. The molecule has 0 spiro atoms. The Morgan fingerprint density at radius 1 is 1.08 bits per heavy atom. The first kappa shape index (κ1) is 11.5. The molecule has 0 bridgehead atoms. The van der Waals surface area contributed by atoms with Crippen molar-refractivity contribution < 1.29 is 0 Å². The second-order valence-electron chi connectivity index (χ2n) is 3.09. The van der Waals surface area contributed by atoms with E-state index in [4.69, 9.17) is 0 Å². The van der Waals surface area contributed by atoms with Crippen molar-refractivity contribution in [3.63, 3.8) is 0 Å². The summed E-state index contributed by atoms with van der Waals surface area (Å²) in [5.41, 5.74) is 1.44. The molecule has 0 nitrogen and oxygen atoms in total.